The van der Waals surface area contributed by atoms with Gasteiger partial charge in [0.15, 0.2) is 5.78 Å². The molecule has 0 amide bonds. The highest BCUT2D eigenvalue weighted by Gasteiger charge is 2.32. The van der Waals surface area contributed by atoms with Crippen LogP contribution in [-0.2, 0) is 0 Å². The number of anilines is 1. The lowest BCUT2D eigenvalue weighted by atomic mass is 9.77. The molecule has 0 fully saturated rings. The van der Waals surface area contributed by atoms with Crippen molar-refractivity contribution in [3.63, 3.8) is 0 Å². The summed E-state index contributed by atoms with van der Waals surface area (Å²) in [5, 5.41) is 0. The SMILES string of the molecule is CN(CC1C(=O)c2ccccc2-c2ccccc21)c1ccc(C=O)cc1. The Balaban J connectivity index is 1.70. The molecule has 1 aliphatic carbocycles. The van der Waals surface area contributed by atoms with Gasteiger partial charge in [-0.05, 0) is 41.0 Å². The average molecular weight is 341 g/mol. The highest BCUT2D eigenvalue weighted by atomic mass is 16.1. The van der Waals surface area contributed by atoms with E-state index in [1.165, 1.54) is 0 Å². The first-order valence-electron chi connectivity index (χ1n) is 8.68. The molecule has 3 aromatic carbocycles. The van der Waals surface area contributed by atoms with Crippen LogP contribution >= 0.6 is 0 Å². The van der Waals surface area contributed by atoms with Gasteiger partial charge in [-0.3, -0.25) is 9.59 Å². The Kier molecular flexibility index (Phi) is 4.13. The van der Waals surface area contributed by atoms with Crippen LogP contribution in [0.3, 0.4) is 0 Å². The van der Waals surface area contributed by atoms with Crippen molar-refractivity contribution in [1.82, 2.24) is 0 Å². The molecule has 0 spiro atoms. The number of rotatable bonds is 4. The summed E-state index contributed by atoms with van der Waals surface area (Å²) in [7, 11) is 1.98. The molecule has 3 nitrogen and oxygen atoms in total. The molecule has 26 heavy (non-hydrogen) atoms. The lowest BCUT2D eigenvalue weighted by molar-refractivity contribution is 0.0960. The minimum absolute atomic E-state index is 0.163. The van der Waals surface area contributed by atoms with E-state index < -0.39 is 0 Å². The number of benzene rings is 3. The van der Waals surface area contributed by atoms with Gasteiger partial charge in [-0.25, -0.2) is 0 Å². The van der Waals surface area contributed by atoms with Gasteiger partial charge in [-0.1, -0.05) is 48.5 Å². The van der Waals surface area contributed by atoms with Crippen molar-refractivity contribution >= 4 is 17.8 Å². The van der Waals surface area contributed by atoms with E-state index in [9.17, 15) is 9.59 Å². The molecule has 4 rings (SSSR count). The Labute approximate surface area is 152 Å². The van der Waals surface area contributed by atoms with Crippen molar-refractivity contribution in [2.75, 3.05) is 18.5 Å². The van der Waals surface area contributed by atoms with Crippen LogP contribution < -0.4 is 4.90 Å². The smallest absolute Gasteiger partial charge is 0.172 e. The van der Waals surface area contributed by atoms with Crippen LogP contribution in [-0.4, -0.2) is 25.7 Å². The van der Waals surface area contributed by atoms with Gasteiger partial charge >= 0.3 is 0 Å². The number of fused-ring (bicyclic) bond motifs is 3. The molecule has 0 saturated heterocycles. The first-order chi connectivity index (χ1) is 12.7. The van der Waals surface area contributed by atoms with E-state index in [0.29, 0.717) is 12.1 Å². The molecule has 3 heteroatoms. The topological polar surface area (TPSA) is 37.4 Å². The van der Waals surface area contributed by atoms with Gasteiger partial charge < -0.3 is 4.90 Å². The summed E-state index contributed by atoms with van der Waals surface area (Å²) in [6.45, 7) is 0.588. The Bertz CT molecular complexity index is 976. The average Bonchev–Trinajstić information content (AvgIpc) is 2.71. The molecule has 0 radical (unpaired) electrons. The molecule has 0 heterocycles. The van der Waals surface area contributed by atoms with Crippen LogP contribution in [0.4, 0.5) is 5.69 Å². The summed E-state index contributed by atoms with van der Waals surface area (Å²) < 4.78 is 0. The van der Waals surface area contributed by atoms with Crippen LogP contribution in [0, 0.1) is 0 Å². The number of nitrogens with zero attached hydrogens (tertiary/aromatic N) is 1. The third kappa shape index (κ3) is 2.72. The third-order valence-corrected chi connectivity index (χ3v) is 5.06. The van der Waals surface area contributed by atoms with E-state index in [1.54, 1.807) is 12.1 Å². The summed E-state index contributed by atoms with van der Waals surface area (Å²) in [5.74, 6) is -0.0486. The van der Waals surface area contributed by atoms with Gasteiger partial charge in [0, 0.05) is 30.4 Å². The number of aldehydes is 1. The number of hydrogen-bond donors (Lipinski definition) is 0. The third-order valence-electron chi connectivity index (χ3n) is 5.06. The fourth-order valence-corrected chi connectivity index (χ4v) is 3.68. The van der Waals surface area contributed by atoms with E-state index in [-0.39, 0.29) is 11.7 Å². The molecule has 0 aromatic heterocycles. The molecule has 0 aliphatic heterocycles. The van der Waals surface area contributed by atoms with Crippen LogP contribution in [0.15, 0.2) is 72.8 Å². The first kappa shape index (κ1) is 16.3. The molecule has 1 atom stereocenters. The summed E-state index contributed by atoms with van der Waals surface area (Å²) >= 11 is 0. The largest absolute Gasteiger partial charge is 0.374 e. The Hall–Kier alpha value is -3.20. The molecular weight excluding hydrogens is 322 g/mol. The fourth-order valence-electron chi connectivity index (χ4n) is 3.68. The molecular formula is C23H19NO2. The van der Waals surface area contributed by atoms with Crippen molar-refractivity contribution in [1.29, 1.82) is 0 Å². The maximum atomic E-state index is 13.2. The summed E-state index contributed by atoms with van der Waals surface area (Å²) in [6.07, 6.45) is 0.835. The van der Waals surface area contributed by atoms with Gasteiger partial charge in [0.2, 0.25) is 0 Å². The van der Waals surface area contributed by atoms with Crippen LogP contribution in [0.1, 0.15) is 32.2 Å². The maximum absolute atomic E-state index is 13.2. The minimum atomic E-state index is -0.211. The Morgan fingerprint density at radius 3 is 2.15 bits per heavy atom. The Morgan fingerprint density at radius 2 is 1.46 bits per heavy atom. The molecule has 128 valence electrons. The van der Waals surface area contributed by atoms with Gasteiger partial charge in [0.05, 0.1) is 5.92 Å². The van der Waals surface area contributed by atoms with E-state index in [1.807, 2.05) is 55.6 Å². The highest BCUT2D eigenvalue weighted by Crippen LogP contribution is 2.39. The lowest BCUT2D eigenvalue weighted by Gasteiger charge is -2.30. The zero-order chi connectivity index (χ0) is 18.1. The minimum Gasteiger partial charge on any atom is -0.374 e. The molecule has 1 aliphatic rings. The molecule has 0 bridgehead atoms. The normalized spacial score (nSPS) is 15.1. The maximum Gasteiger partial charge on any atom is 0.172 e. The van der Waals surface area contributed by atoms with Crippen molar-refractivity contribution in [3.05, 3.63) is 89.5 Å². The number of carbonyl (C=O) groups is 2. The summed E-state index contributed by atoms with van der Waals surface area (Å²) in [5.41, 5.74) is 5.66. The highest BCUT2D eigenvalue weighted by molar-refractivity contribution is 6.10. The quantitative estimate of drug-likeness (QED) is 0.652. The predicted molar refractivity (Wildman–Crippen MR) is 104 cm³/mol. The zero-order valence-corrected chi connectivity index (χ0v) is 14.6. The number of likely N-dealkylation sites (N-methyl/N-ethyl adjacent to an activating group) is 1. The second kappa shape index (κ2) is 6.60. The van der Waals surface area contributed by atoms with Gasteiger partial charge in [-0.15, -0.1) is 0 Å². The summed E-state index contributed by atoms with van der Waals surface area (Å²) in [4.78, 5) is 26.1. The van der Waals surface area contributed by atoms with Crippen molar-refractivity contribution in [2.24, 2.45) is 0 Å². The number of hydrogen-bond acceptors (Lipinski definition) is 3. The second-order valence-corrected chi connectivity index (χ2v) is 6.64. The second-order valence-electron chi connectivity index (χ2n) is 6.64. The van der Waals surface area contributed by atoms with E-state index in [2.05, 4.69) is 17.0 Å². The van der Waals surface area contributed by atoms with Crippen LogP contribution in [0.25, 0.3) is 11.1 Å². The number of ketones is 1. The number of Topliss-reactive ketones (excluding diaryl/α,β-unsaturated/α-hetero) is 1. The summed E-state index contributed by atoms with van der Waals surface area (Å²) in [6, 6.07) is 23.4. The van der Waals surface area contributed by atoms with E-state index in [0.717, 1.165) is 34.2 Å². The van der Waals surface area contributed by atoms with Crippen LogP contribution in [0.2, 0.25) is 0 Å². The van der Waals surface area contributed by atoms with Crippen molar-refractivity contribution < 1.29 is 9.59 Å². The first-order valence-corrected chi connectivity index (χ1v) is 8.68. The standard InChI is InChI=1S/C23H19NO2/c1-24(17-12-10-16(15-25)11-13-17)14-22-20-8-3-2-6-18(20)19-7-4-5-9-21(19)23(22)26/h2-13,15,22H,14H2,1H3. The lowest BCUT2D eigenvalue weighted by Crippen LogP contribution is -2.31. The predicted octanol–water partition coefficient (Wildman–Crippen LogP) is 4.58. The van der Waals surface area contributed by atoms with Gasteiger partial charge in [0.1, 0.15) is 6.29 Å². The van der Waals surface area contributed by atoms with Gasteiger partial charge in [-0.2, -0.15) is 0 Å². The number of carbonyl (C=O) groups excluding carboxylic acids is 2. The Morgan fingerprint density at radius 1 is 0.846 bits per heavy atom. The van der Waals surface area contributed by atoms with Crippen molar-refractivity contribution in [2.45, 2.75) is 5.92 Å². The molecule has 0 N–H and O–H groups in total. The molecule has 0 saturated carbocycles. The van der Waals surface area contributed by atoms with Crippen LogP contribution in [0.5, 0.6) is 0 Å². The molecule has 3 aromatic rings. The van der Waals surface area contributed by atoms with Crippen molar-refractivity contribution in [3.8, 4) is 11.1 Å². The zero-order valence-electron chi connectivity index (χ0n) is 14.6. The van der Waals surface area contributed by atoms with E-state index in [4.69, 9.17) is 0 Å². The van der Waals surface area contributed by atoms with Gasteiger partial charge in [0.25, 0.3) is 0 Å². The molecule has 1 unspecified atom stereocenters. The fraction of sp³-hybridized carbons (Fsp3) is 0.130. The van der Waals surface area contributed by atoms with E-state index >= 15 is 0 Å². The monoisotopic (exact) mass is 341 g/mol.